The highest BCUT2D eigenvalue weighted by Crippen LogP contribution is 2.19. The zero-order valence-corrected chi connectivity index (χ0v) is 21.8. The van der Waals surface area contributed by atoms with Gasteiger partial charge in [-0.2, -0.15) is 0 Å². The Morgan fingerprint density at radius 2 is 0.725 bits per heavy atom. The van der Waals surface area contributed by atoms with E-state index in [-0.39, 0.29) is 22.9 Å². The summed E-state index contributed by atoms with van der Waals surface area (Å²) in [5, 5.41) is 21.6. The molecule has 0 amide bonds. The lowest BCUT2D eigenvalue weighted by Gasteiger charge is -2.06. The first-order valence-corrected chi connectivity index (χ1v) is 13.1. The van der Waals surface area contributed by atoms with Gasteiger partial charge in [-0.25, -0.2) is 0 Å². The van der Waals surface area contributed by atoms with Crippen LogP contribution in [-0.2, 0) is 12.8 Å². The van der Waals surface area contributed by atoms with Crippen molar-refractivity contribution in [2.75, 3.05) is 0 Å². The van der Waals surface area contributed by atoms with Gasteiger partial charge in [-0.1, -0.05) is 61.4 Å². The first-order valence-electron chi connectivity index (χ1n) is 13.1. The molecule has 0 saturated carbocycles. The molecule has 0 radical (unpaired) electrons. The Kier molecular flexibility index (Phi) is 9.25. The van der Waals surface area contributed by atoms with E-state index in [1.807, 2.05) is 24.3 Å². The van der Waals surface area contributed by atoms with Gasteiger partial charge in [0, 0.05) is 46.5 Å². The molecule has 4 rings (SSSR count). The van der Waals surface area contributed by atoms with Crippen molar-refractivity contribution in [2.24, 2.45) is 0 Å². The Morgan fingerprint density at radius 1 is 0.450 bits per heavy atom. The molecular weight excluding hydrogens is 508 g/mol. The highest BCUT2D eigenvalue weighted by molar-refractivity contribution is 6.09. The first kappa shape index (κ1) is 28.0. The number of nitrogens with zero attached hydrogens (tertiary/aromatic N) is 2. The minimum absolute atomic E-state index is 0.0434. The average molecular weight is 537 g/mol. The number of carbonyl (C=O) groups excluding carboxylic acids is 2. The van der Waals surface area contributed by atoms with Gasteiger partial charge in [-0.05, 0) is 61.1 Å². The van der Waals surface area contributed by atoms with E-state index in [4.69, 9.17) is 0 Å². The molecule has 8 nitrogen and oxygen atoms in total. The predicted molar refractivity (Wildman–Crippen MR) is 152 cm³/mol. The topological polar surface area (TPSA) is 120 Å². The largest absolute Gasteiger partial charge is 0.289 e. The summed E-state index contributed by atoms with van der Waals surface area (Å²) >= 11 is 0. The van der Waals surface area contributed by atoms with Crippen LogP contribution in [0, 0.1) is 20.2 Å². The van der Waals surface area contributed by atoms with Gasteiger partial charge in [-0.15, -0.1) is 0 Å². The molecule has 0 fully saturated rings. The van der Waals surface area contributed by atoms with Crippen molar-refractivity contribution < 1.29 is 19.4 Å². The average Bonchev–Trinajstić information content (AvgIpc) is 2.99. The summed E-state index contributed by atoms with van der Waals surface area (Å²) in [6.07, 6.45) is 6.09. The van der Waals surface area contributed by atoms with Gasteiger partial charge in [-0.3, -0.25) is 29.8 Å². The van der Waals surface area contributed by atoms with E-state index < -0.39 is 9.85 Å². The van der Waals surface area contributed by atoms with Gasteiger partial charge >= 0.3 is 0 Å². The Hall–Kier alpha value is -4.98. The summed E-state index contributed by atoms with van der Waals surface area (Å²) in [4.78, 5) is 45.9. The van der Waals surface area contributed by atoms with Crippen LogP contribution in [0.5, 0.6) is 0 Å². The lowest BCUT2D eigenvalue weighted by Crippen LogP contribution is -2.02. The molecule has 0 heterocycles. The molecule has 0 unspecified atom stereocenters. The summed E-state index contributed by atoms with van der Waals surface area (Å²) in [7, 11) is 0. The molecule has 4 aromatic carbocycles. The van der Waals surface area contributed by atoms with Gasteiger partial charge in [0.2, 0.25) is 0 Å². The number of aryl methyl sites for hydroxylation is 2. The molecular formula is C32H28N2O6. The van der Waals surface area contributed by atoms with Crippen LogP contribution >= 0.6 is 0 Å². The maximum Gasteiger partial charge on any atom is 0.269 e. The van der Waals surface area contributed by atoms with Gasteiger partial charge in [0.1, 0.15) is 0 Å². The van der Waals surface area contributed by atoms with Crippen molar-refractivity contribution in [3.63, 3.8) is 0 Å². The van der Waals surface area contributed by atoms with Crippen molar-refractivity contribution in [3.05, 3.63) is 151 Å². The van der Waals surface area contributed by atoms with Crippen LogP contribution in [0.4, 0.5) is 11.4 Å². The van der Waals surface area contributed by atoms with Crippen LogP contribution in [0.15, 0.2) is 97.1 Å². The van der Waals surface area contributed by atoms with Crippen molar-refractivity contribution in [1.29, 1.82) is 0 Å². The van der Waals surface area contributed by atoms with Crippen LogP contribution in [0.25, 0.3) is 0 Å². The van der Waals surface area contributed by atoms with E-state index in [1.54, 1.807) is 24.3 Å². The van der Waals surface area contributed by atoms with Gasteiger partial charge in [0.15, 0.2) is 11.6 Å². The van der Waals surface area contributed by atoms with E-state index in [0.29, 0.717) is 22.3 Å². The number of benzene rings is 4. The summed E-state index contributed by atoms with van der Waals surface area (Å²) in [5.41, 5.74) is 4.18. The van der Waals surface area contributed by atoms with Crippen molar-refractivity contribution >= 4 is 22.9 Å². The third kappa shape index (κ3) is 7.32. The molecule has 0 aromatic heterocycles. The molecule has 0 saturated heterocycles. The second-order valence-electron chi connectivity index (χ2n) is 9.57. The Labute approximate surface area is 231 Å². The fourth-order valence-electron chi connectivity index (χ4n) is 4.46. The molecule has 8 heteroatoms. The Balaban J connectivity index is 1.17. The molecule has 202 valence electrons. The molecule has 0 bridgehead atoms. The molecule has 40 heavy (non-hydrogen) atoms. The quantitative estimate of drug-likeness (QED) is 0.0764. The zero-order valence-electron chi connectivity index (χ0n) is 21.8. The van der Waals surface area contributed by atoms with Crippen LogP contribution in [0.2, 0.25) is 0 Å². The van der Waals surface area contributed by atoms with E-state index in [2.05, 4.69) is 0 Å². The van der Waals surface area contributed by atoms with E-state index in [9.17, 15) is 29.8 Å². The molecule has 0 spiro atoms. The van der Waals surface area contributed by atoms with Crippen LogP contribution in [0.3, 0.4) is 0 Å². The highest BCUT2D eigenvalue weighted by atomic mass is 16.6. The number of nitro groups is 2. The van der Waals surface area contributed by atoms with Crippen molar-refractivity contribution in [1.82, 2.24) is 0 Å². The zero-order chi connectivity index (χ0) is 28.5. The molecule has 4 aromatic rings. The third-order valence-corrected chi connectivity index (χ3v) is 6.79. The monoisotopic (exact) mass is 536 g/mol. The van der Waals surface area contributed by atoms with Gasteiger partial charge in [0.05, 0.1) is 9.85 Å². The number of hydrogen-bond donors (Lipinski definition) is 0. The fourth-order valence-corrected chi connectivity index (χ4v) is 4.46. The van der Waals surface area contributed by atoms with Crippen molar-refractivity contribution in [2.45, 2.75) is 38.5 Å². The highest BCUT2D eigenvalue weighted by Gasteiger charge is 2.13. The van der Waals surface area contributed by atoms with Crippen molar-refractivity contribution in [3.8, 4) is 0 Å². The molecule has 0 aliphatic heterocycles. The molecule has 0 atom stereocenters. The van der Waals surface area contributed by atoms with Gasteiger partial charge in [0.25, 0.3) is 11.4 Å². The summed E-state index contributed by atoms with van der Waals surface area (Å²) < 4.78 is 0. The standard InChI is InChI=1S/C32H28N2O6/c35-31(27-15-19-29(20-16-27)33(37)38)25-11-7-23(8-12-25)5-3-1-2-4-6-24-9-13-26(14-10-24)32(36)28-17-21-30(22-18-28)34(39)40/h7-22H,1-6H2. The van der Waals surface area contributed by atoms with Gasteiger partial charge < -0.3 is 0 Å². The summed E-state index contributed by atoms with van der Waals surface area (Å²) in [5.74, 6) is -0.324. The van der Waals surface area contributed by atoms with Crippen LogP contribution in [-0.4, -0.2) is 21.4 Å². The number of non-ortho nitro benzene ring substituents is 2. The number of ketones is 2. The Morgan fingerprint density at radius 3 is 1.00 bits per heavy atom. The lowest BCUT2D eigenvalue weighted by molar-refractivity contribution is -0.385. The third-order valence-electron chi connectivity index (χ3n) is 6.79. The Bertz CT molecular complexity index is 1380. The van der Waals surface area contributed by atoms with E-state index >= 15 is 0 Å². The second-order valence-corrected chi connectivity index (χ2v) is 9.57. The smallest absolute Gasteiger partial charge is 0.269 e. The van der Waals surface area contributed by atoms with E-state index in [0.717, 1.165) is 49.7 Å². The number of hydrogen-bond acceptors (Lipinski definition) is 6. The lowest BCUT2D eigenvalue weighted by atomic mass is 9.98. The minimum Gasteiger partial charge on any atom is -0.289 e. The van der Waals surface area contributed by atoms with E-state index in [1.165, 1.54) is 48.5 Å². The molecule has 0 aliphatic carbocycles. The SMILES string of the molecule is O=C(c1ccc(CCCCCCc2ccc(C(=O)c3ccc([N+](=O)[O-])cc3)cc2)cc1)c1ccc([N+](=O)[O-])cc1. The maximum absolute atomic E-state index is 12.6. The maximum atomic E-state index is 12.6. The molecule has 0 N–H and O–H groups in total. The number of rotatable bonds is 13. The second kappa shape index (κ2) is 13.2. The minimum atomic E-state index is -0.489. The summed E-state index contributed by atoms with van der Waals surface area (Å²) in [6, 6.07) is 26.3. The number of carbonyl (C=O) groups is 2. The number of nitro benzene ring substituents is 2. The molecule has 0 aliphatic rings. The first-order chi connectivity index (χ1) is 19.3. The summed E-state index contributed by atoms with van der Waals surface area (Å²) in [6.45, 7) is 0. The fraction of sp³-hybridized carbons (Fsp3) is 0.188. The predicted octanol–water partition coefficient (Wildman–Crippen LogP) is 7.31. The van der Waals surface area contributed by atoms with Crippen LogP contribution < -0.4 is 0 Å². The number of unbranched alkanes of at least 4 members (excludes halogenated alkanes) is 3. The van der Waals surface area contributed by atoms with Crippen LogP contribution in [0.1, 0.15) is 68.7 Å². The normalized spacial score (nSPS) is 10.7.